The molecule has 0 saturated carbocycles. The van der Waals surface area contributed by atoms with Gasteiger partial charge in [0.25, 0.3) is 0 Å². The fourth-order valence-corrected chi connectivity index (χ4v) is 1.24. The Hall–Kier alpha value is -2.42. The Balaban J connectivity index is 3.21. The van der Waals surface area contributed by atoms with Crippen molar-refractivity contribution in [3.8, 4) is 0 Å². The first-order chi connectivity index (χ1) is 8.13. The number of hydrogen-bond acceptors (Lipinski definition) is 5. The van der Waals surface area contributed by atoms with Crippen LogP contribution in [0.15, 0.2) is 18.2 Å². The number of benzene rings is 1. The number of esters is 2. The second-order valence-electron chi connectivity index (χ2n) is 3.04. The van der Waals surface area contributed by atoms with Crippen LogP contribution in [0.1, 0.15) is 27.6 Å². The van der Waals surface area contributed by atoms with Crippen molar-refractivity contribution in [2.24, 2.45) is 0 Å². The summed E-state index contributed by atoms with van der Waals surface area (Å²) in [6.07, 6.45) is 0. The number of hydrogen-bond donors (Lipinski definition) is 0. The normalized spacial score (nSPS) is 9.24. The van der Waals surface area contributed by atoms with E-state index in [-0.39, 0.29) is 23.4 Å². The van der Waals surface area contributed by atoms with Crippen molar-refractivity contribution >= 4 is 17.6 Å². The van der Waals surface area contributed by atoms with E-state index in [1.807, 2.05) is 0 Å². The number of methoxy groups -OCH3 is 1. The minimum Gasteiger partial charge on any atom is -0.465 e. The number of diazo groups is 1. The van der Waals surface area contributed by atoms with Gasteiger partial charge >= 0.3 is 17.6 Å². The molecule has 0 unspecified atom stereocenters. The molecule has 0 saturated heterocycles. The zero-order valence-electron chi connectivity index (χ0n) is 9.47. The molecule has 6 nitrogen and oxygen atoms in total. The van der Waals surface area contributed by atoms with Crippen LogP contribution in [0.25, 0.3) is 4.98 Å². The zero-order chi connectivity index (χ0) is 12.8. The highest BCUT2D eigenvalue weighted by Gasteiger charge is 2.23. The van der Waals surface area contributed by atoms with E-state index in [4.69, 9.17) is 10.1 Å². The molecule has 0 spiro atoms. The average molecular weight is 235 g/mol. The van der Waals surface area contributed by atoms with Crippen molar-refractivity contribution in [3.63, 3.8) is 0 Å². The second-order valence-corrected chi connectivity index (χ2v) is 3.04. The van der Waals surface area contributed by atoms with Gasteiger partial charge in [0.2, 0.25) is 5.39 Å². The third-order valence-electron chi connectivity index (χ3n) is 2.02. The van der Waals surface area contributed by atoms with Crippen LogP contribution in [-0.4, -0.2) is 25.7 Å². The number of carbonyl (C=O) groups excluding carboxylic acids is 2. The van der Waals surface area contributed by atoms with Gasteiger partial charge < -0.3 is 9.47 Å². The van der Waals surface area contributed by atoms with Gasteiger partial charge in [-0.15, -0.1) is 0 Å². The number of rotatable bonds is 3. The highest BCUT2D eigenvalue weighted by Crippen LogP contribution is 2.22. The topological polar surface area (TPSA) is 80.8 Å². The first kappa shape index (κ1) is 12.6. The Bertz CT molecular complexity index is 491. The summed E-state index contributed by atoms with van der Waals surface area (Å²) in [4.78, 5) is 25.8. The van der Waals surface area contributed by atoms with Crippen molar-refractivity contribution in [2.45, 2.75) is 6.92 Å². The van der Waals surface area contributed by atoms with Crippen LogP contribution in [0.5, 0.6) is 0 Å². The highest BCUT2D eigenvalue weighted by atomic mass is 16.5. The zero-order valence-corrected chi connectivity index (χ0v) is 9.47. The van der Waals surface area contributed by atoms with Gasteiger partial charge in [-0.05, 0) is 19.1 Å². The Morgan fingerprint density at radius 2 is 2.06 bits per heavy atom. The van der Waals surface area contributed by atoms with Crippen molar-refractivity contribution < 1.29 is 19.1 Å². The summed E-state index contributed by atoms with van der Waals surface area (Å²) in [5, 5.41) is 8.72. The van der Waals surface area contributed by atoms with E-state index < -0.39 is 11.9 Å². The van der Waals surface area contributed by atoms with Crippen LogP contribution < -0.4 is 0 Å². The molecule has 17 heavy (non-hydrogen) atoms. The van der Waals surface area contributed by atoms with Crippen molar-refractivity contribution in [2.75, 3.05) is 13.7 Å². The highest BCUT2D eigenvalue weighted by molar-refractivity contribution is 5.99. The van der Waals surface area contributed by atoms with Crippen LogP contribution in [0.3, 0.4) is 0 Å². The van der Waals surface area contributed by atoms with Gasteiger partial charge in [-0.25, -0.2) is 9.59 Å². The fraction of sp³-hybridized carbons (Fsp3) is 0.273. The van der Waals surface area contributed by atoms with E-state index in [0.717, 1.165) is 0 Å². The Labute approximate surface area is 97.8 Å². The van der Waals surface area contributed by atoms with Gasteiger partial charge in [0, 0.05) is 6.07 Å². The molecule has 0 aliphatic heterocycles. The lowest BCUT2D eigenvalue weighted by Gasteiger charge is -2.01. The van der Waals surface area contributed by atoms with E-state index in [2.05, 4.69) is 9.71 Å². The van der Waals surface area contributed by atoms with Gasteiger partial charge in [-0.3, -0.25) is 0 Å². The molecular weight excluding hydrogens is 224 g/mol. The molecule has 88 valence electrons. The van der Waals surface area contributed by atoms with Gasteiger partial charge in [-0.1, -0.05) is 0 Å². The molecular formula is C11H11N2O4+. The largest absolute Gasteiger partial charge is 0.465 e. The van der Waals surface area contributed by atoms with Crippen LogP contribution in [0, 0.1) is 5.39 Å². The molecule has 1 aromatic carbocycles. The molecule has 0 fully saturated rings. The van der Waals surface area contributed by atoms with Crippen molar-refractivity contribution in [3.05, 3.63) is 34.3 Å². The molecule has 0 radical (unpaired) electrons. The van der Waals surface area contributed by atoms with Crippen molar-refractivity contribution in [1.82, 2.24) is 0 Å². The quantitative estimate of drug-likeness (QED) is 0.592. The second kappa shape index (κ2) is 5.61. The number of carbonyl (C=O) groups is 2. The summed E-state index contributed by atoms with van der Waals surface area (Å²) in [7, 11) is 1.23. The monoisotopic (exact) mass is 235 g/mol. The Morgan fingerprint density at radius 1 is 1.35 bits per heavy atom. The third-order valence-corrected chi connectivity index (χ3v) is 2.02. The minimum atomic E-state index is -0.661. The molecule has 0 N–H and O–H groups in total. The Morgan fingerprint density at radius 3 is 2.59 bits per heavy atom. The molecule has 0 aliphatic carbocycles. The first-order valence-corrected chi connectivity index (χ1v) is 4.88. The summed E-state index contributed by atoms with van der Waals surface area (Å²) >= 11 is 0. The van der Waals surface area contributed by atoms with E-state index in [0.29, 0.717) is 0 Å². The van der Waals surface area contributed by atoms with Gasteiger partial charge in [-0.2, -0.15) is 0 Å². The SMILES string of the molecule is CCOC(=O)c1cc(C(=O)OC)ccc1[N+]#N. The maximum atomic E-state index is 11.5. The summed E-state index contributed by atoms with van der Waals surface area (Å²) in [5.74, 6) is -1.24. The Kier molecular flexibility index (Phi) is 4.17. The molecule has 0 heterocycles. The first-order valence-electron chi connectivity index (χ1n) is 4.88. The summed E-state index contributed by atoms with van der Waals surface area (Å²) < 4.78 is 9.30. The molecule has 1 aromatic rings. The molecule has 0 atom stereocenters. The molecule has 6 heteroatoms. The fourth-order valence-electron chi connectivity index (χ4n) is 1.24. The van der Waals surface area contributed by atoms with Gasteiger partial charge in [0.1, 0.15) is 0 Å². The lowest BCUT2D eigenvalue weighted by atomic mass is 10.1. The number of nitrogens with zero attached hydrogens (tertiary/aromatic N) is 2. The van der Waals surface area contributed by atoms with Gasteiger partial charge in [0.05, 0.1) is 19.3 Å². The van der Waals surface area contributed by atoms with Gasteiger partial charge in [0.15, 0.2) is 10.5 Å². The van der Waals surface area contributed by atoms with Crippen molar-refractivity contribution in [1.29, 1.82) is 5.39 Å². The van der Waals surface area contributed by atoms with Crippen LogP contribution >= 0.6 is 0 Å². The van der Waals surface area contributed by atoms with Crippen LogP contribution in [0.4, 0.5) is 5.69 Å². The maximum absolute atomic E-state index is 11.5. The molecule has 0 bridgehead atoms. The summed E-state index contributed by atoms with van der Waals surface area (Å²) in [6.45, 7) is 1.84. The molecule has 0 aliphatic rings. The van der Waals surface area contributed by atoms with Crippen LogP contribution in [0.2, 0.25) is 0 Å². The molecule has 0 aromatic heterocycles. The predicted molar refractivity (Wildman–Crippen MR) is 58.5 cm³/mol. The minimum absolute atomic E-state index is 0.0113. The standard InChI is InChI=1S/C11H11N2O4/c1-3-17-11(15)8-6-7(10(14)16-2)4-5-9(8)13-12/h4-6H,3H2,1-2H3/q+1. The van der Waals surface area contributed by atoms with E-state index in [9.17, 15) is 9.59 Å². The maximum Gasteiger partial charge on any atom is 0.399 e. The van der Waals surface area contributed by atoms with E-state index in [1.54, 1.807) is 6.92 Å². The van der Waals surface area contributed by atoms with E-state index in [1.165, 1.54) is 25.3 Å². The lowest BCUT2D eigenvalue weighted by Crippen LogP contribution is -2.08. The average Bonchev–Trinajstić information content (AvgIpc) is 2.37. The summed E-state index contributed by atoms with van der Waals surface area (Å²) in [6, 6.07) is 3.99. The number of ether oxygens (including phenoxy) is 2. The molecule has 1 rings (SSSR count). The smallest absolute Gasteiger partial charge is 0.399 e. The van der Waals surface area contributed by atoms with Crippen LogP contribution in [-0.2, 0) is 9.47 Å². The summed E-state index contributed by atoms with van der Waals surface area (Å²) in [5.41, 5.74) is 0.233. The third kappa shape index (κ3) is 2.78. The lowest BCUT2D eigenvalue weighted by molar-refractivity contribution is 0.0527. The van der Waals surface area contributed by atoms with E-state index >= 15 is 0 Å². The predicted octanol–water partition coefficient (Wildman–Crippen LogP) is 2.13. The molecule has 0 amide bonds.